The minimum Gasteiger partial charge on any atom is -0.283 e. The number of aromatic nitrogens is 6. The summed E-state index contributed by atoms with van der Waals surface area (Å²) >= 11 is 0. The number of hydrogen-bond donors (Lipinski definition) is 0. The second-order valence-corrected chi connectivity index (χ2v) is 7.36. The molecule has 0 radical (unpaired) electrons. The fraction of sp³-hybridized carbons (Fsp3) is 0.273. The van der Waals surface area contributed by atoms with E-state index in [4.69, 9.17) is 0 Å². The van der Waals surface area contributed by atoms with E-state index in [9.17, 15) is 0 Å². The standard InChI is InChI=1S/C22H23N7/c1-2-17-8-10-20(11-9-17)29-16-19(14-23-29)21-22-24-25-26-28(22)13-12-27(21)15-18-6-4-3-5-7-18/h3-11,14,16,21H,2,12-13,15H2,1H3. The summed E-state index contributed by atoms with van der Waals surface area (Å²) in [6.45, 7) is 4.68. The summed E-state index contributed by atoms with van der Waals surface area (Å²) in [7, 11) is 0. The van der Waals surface area contributed by atoms with E-state index in [2.05, 4.69) is 87.2 Å². The molecule has 0 aliphatic carbocycles. The van der Waals surface area contributed by atoms with Crippen molar-refractivity contribution in [2.24, 2.45) is 0 Å². The molecule has 1 aliphatic heterocycles. The first-order valence-corrected chi connectivity index (χ1v) is 10.00. The van der Waals surface area contributed by atoms with Crippen LogP contribution < -0.4 is 0 Å². The van der Waals surface area contributed by atoms with Crippen LogP contribution in [0.4, 0.5) is 0 Å². The molecule has 4 aromatic rings. The summed E-state index contributed by atoms with van der Waals surface area (Å²) in [6.07, 6.45) is 5.05. The lowest BCUT2D eigenvalue weighted by Crippen LogP contribution is -2.38. The predicted octanol–water partition coefficient (Wildman–Crippen LogP) is 3.03. The Morgan fingerprint density at radius 3 is 2.59 bits per heavy atom. The third-order valence-electron chi connectivity index (χ3n) is 5.52. The quantitative estimate of drug-likeness (QED) is 0.528. The van der Waals surface area contributed by atoms with Crippen LogP contribution in [-0.4, -0.2) is 41.4 Å². The third kappa shape index (κ3) is 3.45. The molecule has 2 aromatic heterocycles. The molecule has 1 unspecified atom stereocenters. The zero-order chi connectivity index (χ0) is 19.6. The number of rotatable bonds is 5. The number of fused-ring (bicyclic) bond motifs is 1. The highest BCUT2D eigenvalue weighted by atomic mass is 15.6. The van der Waals surface area contributed by atoms with E-state index in [0.717, 1.165) is 43.1 Å². The molecule has 0 saturated heterocycles. The molecular weight excluding hydrogens is 362 g/mol. The summed E-state index contributed by atoms with van der Waals surface area (Å²) in [5, 5.41) is 17.0. The van der Waals surface area contributed by atoms with Crippen LogP contribution in [0, 0.1) is 0 Å². The van der Waals surface area contributed by atoms with Crippen LogP contribution in [0.15, 0.2) is 67.0 Å². The highest BCUT2D eigenvalue weighted by Crippen LogP contribution is 2.31. The number of hydrogen-bond acceptors (Lipinski definition) is 5. The minimum atomic E-state index is -0.0254. The number of aryl methyl sites for hydroxylation is 1. The van der Waals surface area contributed by atoms with Gasteiger partial charge in [-0.3, -0.25) is 4.90 Å². The third-order valence-corrected chi connectivity index (χ3v) is 5.52. The molecule has 146 valence electrons. The number of tetrazole rings is 1. The largest absolute Gasteiger partial charge is 0.283 e. The van der Waals surface area contributed by atoms with E-state index in [1.54, 1.807) is 0 Å². The van der Waals surface area contributed by atoms with Crippen LogP contribution in [0.1, 0.15) is 35.5 Å². The summed E-state index contributed by atoms with van der Waals surface area (Å²) in [5.41, 5.74) is 4.75. The van der Waals surface area contributed by atoms with E-state index < -0.39 is 0 Å². The van der Waals surface area contributed by atoms with Gasteiger partial charge in [-0.05, 0) is 40.1 Å². The normalized spacial score (nSPS) is 16.7. The van der Waals surface area contributed by atoms with E-state index in [-0.39, 0.29) is 6.04 Å². The first-order chi connectivity index (χ1) is 14.3. The molecule has 0 bridgehead atoms. The Labute approximate surface area is 169 Å². The monoisotopic (exact) mass is 385 g/mol. The second-order valence-electron chi connectivity index (χ2n) is 7.36. The fourth-order valence-corrected chi connectivity index (χ4v) is 3.93. The lowest BCUT2D eigenvalue weighted by molar-refractivity contribution is 0.164. The lowest BCUT2D eigenvalue weighted by atomic mass is 10.1. The molecule has 2 aromatic carbocycles. The average molecular weight is 385 g/mol. The van der Waals surface area contributed by atoms with Gasteiger partial charge in [0.25, 0.3) is 0 Å². The second kappa shape index (κ2) is 7.60. The molecule has 0 N–H and O–H groups in total. The van der Waals surface area contributed by atoms with Gasteiger partial charge in [-0.25, -0.2) is 9.36 Å². The Hall–Kier alpha value is -3.32. The minimum absolute atomic E-state index is 0.0254. The van der Waals surface area contributed by atoms with Crippen molar-refractivity contribution < 1.29 is 0 Å². The van der Waals surface area contributed by atoms with Crippen molar-refractivity contribution in [2.45, 2.75) is 32.5 Å². The van der Waals surface area contributed by atoms with Gasteiger partial charge in [0.1, 0.15) is 6.04 Å². The Bertz CT molecular complexity index is 1080. The van der Waals surface area contributed by atoms with Crippen molar-refractivity contribution >= 4 is 0 Å². The number of nitrogens with zero attached hydrogens (tertiary/aromatic N) is 7. The molecule has 29 heavy (non-hydrogen) atoms. The van der Waals surface area contributed by atoms with Gasteiger partial charge >= 0.3 is 0 Å². The van der Waals surface area contributed by atoms with Crippen LogP contribution in [0.3, 0.4) is 0 Å². The summed E-state index contributed by atoms with van der Waals surface area (Å²) in [6, 6.07) is 19.0. The molecule has 0 saturated carbocycles. The topological polar surface area (TPSA) is 64.7 Å². The van der Waals surface area contributed by atoms with Crippen molar-refractivity contribution in [1.82, 2.24) is 34.9 Å². The van der Waals surface area contributed by atoms with Crippen LogP contribution in [-0.2, 0) is 19.5 Å². The molecule has 5 rings (SSSR count). The highest BCUT2D eigenvalue weighted by Gasteiger charge is 2.32. The Morgan fingerprint density at radius 2 is 1.79 bits per heavy atom. The van der Waals surface area contributed by atoms with Crippen LogP contribution in [0.25, 0.3) is 5.69 Å². The maximum absolute atomic E-state index is 4.63. The molecule has 0 fully saturated rings. The smallest absolute Gasteiger partial charge is 0.173 e. The zero-order valence-corrected chi connectivity index (χ0v) is 16.4. The summed E-state index contributed by atoms with van der Waals surface area (Å²) in [5.74, 6) is 0.869. The van der Waals surface area contributed by atoms with E-state index in [1.165, 1.54) is 11.1 Å². The van der Waals surface area contributed by atoms with Crippen molar-refractivity contribution in [3.05, 3.63) is 89.5 Å². The fourth-order valence-electron chi connectivity index (χ4n) is 3.93. The van der Waals surface area contributed by atoms with E-state index in [1.807, 2.05) is 21.6 Å². The molecule has 7 nitrogen and oxygen atoms in total. The van der Waals surface area contributed by atoms with Gasteiger partial charge < -0.3 is 0 Å². The van der Waals surface area contributed by atoms with Crippen molar-refractivity contribution in [1.29, 1.82) is 0 Å². The van der Waals surface area contributed by atoms with Gasteiger partial charge in [0.15, 0.2) is 5.82 Å². The van der Waals surface area contributed by atoms with E-state index in [0.29, 0.717) is 0 Å². The highest BCUT2D eigenvalue weighted by molar-refractivity contribution is 5.35. The first-order valence-electron chi connectivity index (χ1n) is 10.00. The van der Waals surface area contributed by atoms with Crippen molar-refractivity contribution in [2.75, 3.05) is 6.54 Å². The average Bonchev–Trinajstić information content (AvgIpc) is 3.44. The maximum Gasteiger partial charge on any atom is 0.173 e. The van der Waals surface area contributed by atoms with Crippen molar-refractivity contribution in [3.8, 4) is 5.69 Å². The molecule has 0 spiro atoms. The SMILES string of the molecule is CCc1ccc(-n2cc(C3c4nnnn4CCN3Cc3ccccc3)cn2)cc1. The van der Waals surface area contributed by atoms with Gasteiger partial charge in [-0.1, -0.05) is 49.4 Å². The molecule has 7 heteroatoms. The summed E-state index contributed by atoms with van der Waals surface area (Å²) < 4.78 is 3.83. The van der Waals surface area contributed by atoms with Crippen LogP contribution >= 0.6 is 0 Å². The van der Waals surface area contributed by atoms with Gasteiger partial charge in [0.05, 0.1) is 18.4 Å². The van der Waals surface area contributed by atoms with Gasteiger partial charge in [-0.2, -0.15) is 5.10 Å². The van der Waals surface area contributed by atoms with Gasteiger partial charge in [0.2, 0.25) is 0 Å². The molecule has 1 atom stereocenters. The molecule has 3 heterocycles. The van der Waals surface area contributed by atoms with Crippen LogP contribution in [0.2, 0.25) is 0 Å². The van der Waals surface area contributed by atoms with Crippen LogP contribution in [0.5, 0.6) is 0 Å². The van der Waals surface area contributed by atoms with E-state index >= 15 is 0 Å². The molecule has 0 amide bonds. The Kier molecular flexibility index (Phi) is 4.65. The predicted molar refractivity (Wildman–Crippen MR) is 109 cm³/mol. The lowest BCUT2D eigenvalue weighted by Gasteiger charge is -2.34. The first kappa shape index (κ1) is 17.8. The Balaban J connectivity index is 1.48. The zero-order valence-electron chi connectivity index (χ0n) is 16.4. The summed E-state index contributed by atoms with van der Waals surface area (Å²) in [4.78, 5) is 2.42. The number of benzene rings is 2. The molecule has 1 aliphatic rings. The van der Waals surface area contributed by atoms with Gasteiger partial charge in [0, 0.05) is 24.8 Å². The van der Waals surface area contributed by atoms with Gasteiger partial charge in [-0.15, -0.1) is 5.10 Å². The van der Waals surface area contributed by atoms with Crippen molar-refractivity contribution in [3.63, 3.8) is 0 Å². The Morgan fingerprint density at radius 1 is 0.966 bits per heavy atom. The molecular formula is C22H23N7. The maximum atomic E-state index is 4.63.